The van der Waals surface area contributed by atoms with E-state index in [0.717, 1.165) is 12.8 Å². The molecule has 1 unspecified atom stereocenters. The number of carbonyl (C=O) groups is 1. The van der Waals surface area contributed by atoms with Gasteiger partial charge in [-0.05, 0) is 30.6 Å². The molecule has 2 fully saturated rings. The Morgan fingerprint density at radius 1 is 1.25 bits per heavy atom. The summed E-state index contributed by atoms with van der Waals surface area (Å²) >= 11 is 0. The topological polar surface area (TPSA) is 29.1 Å². The highest BCUT2D eigenvalue weighted by molar-refractivity contribution is 5.80. The van der Waals surface area contributed by atoms with Gasteiger partial charge in [-0.15, -0.1) is 0 Å². The molecule has 2 rings (SSSR count). The maximum atomic E-state index is 11.7. The minimum atomic E-state index is 0.299. The van der Waals surface area contributed by atoms with Crippen molar-refractivity contribution in [2.45, 2.75) is 71.3 Å². The zero-order valence-electron chi connectivity index (χ0n) is 10.7. The fourth-order valence-corrected chi connectivity index (χ4v) is 3.58. The fourth-order valence-electron chi connectivity index (χ4n) is 3.58. The van der Waals surface area contributed by atoms with Crippen LogP contribution in [0.1, 0.15) is 65.2 Å². The van der Waals surface area contributed by atoms with Crippen LogP contribution in [0.5, 0.6) is 0 Å². The van der Waals surface area contributed by atoms with Gasteiger partial charge in [-0.1, -0.05) is 39.5 Å². The third-order valence-electron chi connectivity index (χ3n) is 4.39. The molecule has 2 nitrogen and oxygen atoms in total. The van der Waals surface area contributed by atoms with Crippen molar-refractivity contribution in [3.8, 4) is 0 Å². The first kappa shape index (κ1) is 11.9. The van der Waals surface area contributed by atoms with E-state index in [1.807, 2.05) is 0 Å². The number of rotatable bonds is 2. The van der Waals surface area contributed by atoms with Crippen LogP contribution in [-0.2, 0) is 4.79 Å². The summed E-state index contributed by atoms with van der Waals surface area (Å²) in [5, 5.41) is 3.23. The second-order valence-electron chi connectivity index (χ2n) is 6.20. The monoisotopic (exact) mass is 223 g/mol. The predicted octanol–water partition coefficient (Wildman–Crippen LogP) is 3.26. The van der Waals surface area contributed by atoms with Crippen molar-refractivity contribution in [3.05, 3.63) is 0 Å². The van der Waals surface area contributed by atoms with Crippen molar-refractivity contribution in [2.24, 2.45) is 11.3 Å². The molecule has 0 aromatic carbocycles. The van der Waals surface area contributed by atoms with E-state index in [1.165, 1.54) is 38.5 Å². The molecule has 1 N–H and O–H groups in total. The Hall–Kier alpha value is -0.530. The SMILES string of the molecule is CC(C)CC1NC(=O)CC12CCCCCC2. The average Bonchev–Trinajstić information content (AvgIpc) is 2.37. The molecule has 0 aromatic heterocycles. The maximum Gasteiger partial charge on any atom is 0.220 e. The number of nitrogens with one attached hydrogen (secondary N) is 1. The Morgan fingerprint density at radius 2 is 1.88 bits per heavy atom. The van der Waals surface area contributed by atoms with Gasteiger partial charge in [-0.3, -0.25) is 4.79 Å². The first-order chi connectivity index (χ1) is 7.62. The molecule has 2 aliphatic rings. The lowest BCUT2D eigenvalue weighted by atomic mass is 9.72. The molecule has 0 bridgehead atoms. The molecule has 1 saturated carbocycles. The van der Waals surface area contributed by atoms with Gasteiger partial charge in [-0.2, -0.15) is 0 Å². The molecule has 1 amide bonds. The number of carbonyl (C=O) groups excluding carboxylic acids is 1. The summed E-state index contributed by atoms with van der Waals surface area (Å²) in [6.45, 7) is 4.52. The molecule has 2 heteroatoms. The summed E-state index contributed by atoms with van der Waals surface area (Å²) in [7, 11) is 0. The molecule has 1 aliphatic heterocycles. The van der Waals surface area contributed by atoms with Crippen molar-refractivity contribution in [1.82, 2.24) is 5.32 Å². The van der Waals surface area contributed by atoms with E-state index in [2.05, 4.69) is 19.2 Å². The van der Waals surface area contributed by atoms with Crippen molar-refractivity contribution < 1.29 is 4.79 Å². The van der Waals surface area contributed by atoms with Gasteiger partial charge >= 0.3 is 0 Å². The Labute approximate surface area is 99.2 Å². The van der Waals surface area contributed by atoms with Gasteiger partial charge in [0.1, 0.15) is 0 Å². The largest absolute Gasteiger partial charge is 0.353 e. The van der Waals surface area contributed by atoms with Gasteiger partial charge in [0, 0.05) is 12.5 Å². The van der Waals surface area contributed by atoms with E-state index in [-0.39, 0.29) is 0 Å². The Bertz CT molecular complexity index is 251. The molecule has 0 aromatic rings. The normalized spacial score (nSPS) is 29.4. The van der Waals surface area contributed by atoms with Crippen LogP contribution in [0.25, 0.3) is 0 Å². The van der Waals surface area contributed by atoms with E-state index in [1.54, 1.807) is 0 Å². The highest BCUT2D eigenvalue weighted by atomic mass is 16.2. The van der Waals surface area contributed by atoms with Crippen LogP contribution in [0, 0.1) is 11.3 Å². The molecule has 1 aliphatic carbocycles. The highest BCUT2D eigenvalue weighted by Crippen LogP contribution is 2.45. The van der Waals surface area contributed by atoms with Crippen LogP contribution in [0.4, 0.5) is 0 Å². The lowest BCUT2D eigenvalue weighted by Crippen LogP contribution is -2.38. The molecule has 16 heavy (non-hydrogen) atoms. The first-order valence-electron chi connectivity index (χ1n) is 6.92. The standard InChI is InChI=1S/C14H25NO/c1-11(2)9-12-14(10-13(16)15-12)7-5-3-4-6-8-14/h11-12H,3-10H2,1-2H3,(H,15,16). The van der Waals surface area contributed by atoms with Crippen LogP contribution >= 0.6 is 0 Å². The zero-order chi connectivity index (χ0) is 11.6. The Morgan fingerprint density at radius 3 is 2.44 bits per heavy atom. The van der Waals surface area contributed by atoms with E-state index < -0.39 is 0 Å². The number of hydrogen-bond donors (Lipinski definition) is 1. The third-order valence-corrected chi connectivity index (χ3v) is 4.39. The second-order valence-corrected chi connectivity index (χ2v) is 6.20. The third kappa shape index (κ3) is 2.41. The summed E-state index contributed by atoms with van der Waals surface area (Å²) in [5.74, 6) is 0.982. The lowest BCUT2D eigenvalue weighted by molar-refractivity contribution is -0.119. The number of hydrogen-bond acceptors (Lipinski definition) is 1. The molecule has 1 saturated heterocycles. The van der Waals surface area contributed by atoms with Crippen LogP contribution < -0.4 is 5.32 Å². The Kier molecular flexibility index (Phi) is 3.56. The summed E-state index contributed by atoms with van der Waals surface area (Å²) in [6.07, 6.45) is 9.87. The van der Waals surface area contributed by atoms with E-state index in [9.17, 15) is 4.79 Å². The molecule has 0 radical (unpaired) electrons. The Balaban J connectivity index is 2.11. The molecule has 1 spiro atoms. The van der Waals surface area contributed by atoms with Gasteiger partial charge in [0.15, 0.2) is 0 Å². The number of amides is 1. The summed E-state index contributed by atoms with van der Waals surface area (Å²) in [6, 6.07) is 0.457. The van der Waals surface area contributed by atoms with Crippen molar-refractivity contribution in [1.29, 1.82) is 0 Å². The van der Waals surface area contributed by atoms with Crippen LogP contribution in [-0.4, -0.2) is 11.9 Å². The van der Waals surface area contributed by atoms with Gasteiger partial charge < -0.3 is 5.32 Å². The smallest absolute Gasteiger partial charge is 0.220 e. The molecule has 92 valence electrons. The lowest BCUT2D eigenvalue weighted by Gasteiger charge is -2.34. The predicted molar refractivity (Wildman–Crippen MR) is 66.1 cm³/mol. The van der Waals surface area contributed by atoms with Crippen LogP contribution in [0.3, 0.4) is 0 Å². The van der Waals surface area contributed by atoms with Gasteiger partial charge in [0.05, 0.1) is 0 Å². The van der Waals surface area contributed by atoms with Gasteiger partial charge in [0.2, 0.25) is 5.91 Å². The molecular formula is C14H25NO. The van der Waals surface area contributed by atoms with Crippen LogP contribution in [0.2, 0.25) is 0 Å². The minimum absolute atomic E-state index is 0.299. The van der Waals surface area contributed by atoms with E-state index in [4.69, 9.17) is 0 Å². The molecule has 1 heterocycles. The second kappa shape index (κ2) is 4.77. The van der Waals surface area contributed by atoms with E-state index in [0.29, 0.717) is 23.3 Å². The van der Waals surface area contributed by atoms with Crippen LogP contribution in [0.15, 0.2) is 0 Å². The van der Waals surface area contributed by atoms with Crippen molar-refractivity contribution in [3.63, 3.8) is 0 Å². The van der Waals surface area contributed by atoms with Crippen molar-refractivity contribution >= 4 is 5.91 Å². The quantitative estimate of drug-likeness (QED) is 0.765. The summed E-state index contributed by atoms with van der Waals surface area (Å²) < 4.78 is 0. The average molecular weight is 223 g/mol. The van der Waals surface area contributed by atoms with Gasteiger partial charge in [-0.25, -0.2) is 0 Å². The van der Waals surface area contributed by atoms with E-state index >= 15 is 0 Å². The first-order valence-corrected chi connectivity index (χ1v) is 6.92. The maximum absolute atomic E-state index is 11.7. The summed E-state index contributed by atoms with van der Waals surface area (Å²) in [4.78, 5) is 11.7. The molecule has 1 atom stereocenters. The minimum Gasteiger partial charge on any atom is -0.353 e. The van der Waals surface area contributed by atoms with Gasteiger partial charge in [0.25, 0.3) is 0 Å². The summed E-state index contributed by atoms with van der Waals surface area (Å²) in [5.41, 5.74) is 0.317. The molecular weight excluding hydrogens is 198 g/mol. The zero-order valence-corrected chi connectivity index (χ0v) is 10.7. The highest BCUT2D eigenvalue weighted by Gasteiger charge is 2.46. The fraction of sp³-hybridized carbons (Fsp3) is 0.929. The van der Waals surface area contributed by atoms with Crippen molar-refractivity contribution in [2.75, 3.05) is 0 Å².